The molecule has 2 rings (SSSR count). The Balaban J connectivity index is 2.16. The maximum Gasteiger partial charge on any atom is 0.129 e. The molecule has 0 saturated carbocycles. The molecule has 57 valence electrons. The van der Waals surface area contributed by atoms with E-state index in [1.165, 1.54) is 12.8 Å². The molecule has 0 bridgehead atoms. The van der Waals surface area contributed by atoms with Crippen LogP contribution in [0.1, 0.15) is 12.8 Å². The molecule has 0 amide bonds. The van der Waals surface area contributed by atoms with Crippen LogP contribution in [0.2, 0.25) is 0 Å². The molecule has 0 aromatic carbocycles. The highest BCUT2D eigenvalue weighted by molar-refractivity contribution is 5.37. The standard InChI is InChI=1S/C9H11N2/c1-2-6-10-9(5-1)11-7-3-4-8-11/h2,5-6H,3-4,7-8H2. The van der Waals surface area contributed by atoms with Crippen LogP contribution in [-0.4, -0.2) is 18.1 Å². The summed E-state index contributed by atoms with van der Waals surface area (Å²) in [6.45, 7) is 2.32. The summed E-state index contributed by atoms with van der Waals surface area (Å²) >= 11 is 0. The monoisotopic (exact) mass is 147 g/mol. The fourth-order valence-corrected chi connectivity index (χ4v) is 1.44. The van der Waals surface area contributed by atoms with Crippen LogP contribution in [0.5, 0.6) is 0 Å². The third kappa shape index (κ3) is 1.34. The van der Waals surface area contributed by atoms with E-state index in [1.807, 2.05) is 12.1 Å². The van der Waals surface area contributed by atoms with Gasteiger partial charge in [-0.1, -0.05) is 0 Å². The van der Waals surface area contributed by atoms with Crippen molar-refractivity contribution >= 4 is 5.82 Å². The van der Waals surface area contributed by atoms with Crippen molar-refractivity contribution in [3.63, 3.8) is 0 Å². The summed E-state index contributed by atoms with van der Waals surface area (Å²) in [5.41, 5.74) is 0. The van der Waals surface area contributed by atoms with Gasteiger partial charge in [0.2, 0.25) is 0 Å². The lowest BCUT2D eigenvalue weighted by Gasteiger charge is -2.14. The molecule has 2 nitrogen and oxygen atoms in total. The highest BCUT2D eigenvalue weighted by Gasteiger charge is 2.11. The van der Waals surface area contributed by atoms with Crippen molar-refractivity contribution in [1.82, 2.24) is 4.98 Å². The Hall–Kier alpha value is -1.05. The number of pyridine rings is 1. The van der Waals surface area contributed by atoms with E-state index in [0.717, 1.165) is 18.9 Å². The maximum atomic E-state index is 4.26. The van der Waals surface area contributed by atoms with Crippen molar-refractivity contribution in [3.05, 3.63) is 24.4 Å². The van der Waals surface area contributed by atoms with Crippen molar-refractivity contribution < 1.29 is 0 Å². The second-order valence-corrected chi connectivity index (χ2v) is 2.81. The zero-order valence-electron chi connectivity index (χ0n) is 6.45. The zero-order valence-corrected chi connectivity index (χ0v) is 6.45. The van der Waals surface area contributed by atoms with E-state index in [1.54, 1.807) is 6.20 Å². The molecular formula is C9H11N2. The Morgan fingerprint density at radius 3 is 2.82 bits per heavy atom. The number of aromatic nitrogens is 1. The van der Waals surface area contributed by atoms with Gasteiger partial charge in [0.05, 0.1) is 0 Å². The van der Waals surface area contributed by atoms with Crippen molar-refractivity contribution in [2.75, 3.05) is 18.0 Å². The van der Waals surface area contributed by atoms with E-state index in [2.05, 4.69) is 16.0 Å². The largest absolute Gasteiger partial charge is 0.357 e. The molecule has 0 N–H and O–H groups in total. The van der Waals surface area contributed by atoms with Gasteiger partial charge in [0.25, 0.3) is 0 Å². The molecule has 2 heteroatoms. The van der Waals surface area contributed by atoms with Gasteiger partial charge in [-0.25, -0.2) is 4.98 Å². The first-order valence-electron chi connectivity index (χ1n) is 4.04. The van der Waals surface area contributed by atoms with E-state index in [-0.39, 0.29) is 0 Å². The number of hydrogen-bond acceptors (Lipinski definition) is 2. The molecular weight excluding hydrogens is 136 g/mol. The van der Waals surface area contributed by atoms with Gasteiger partial charge in [0, 0.05) is 19.3 Å². The van der Waals surface area contributed by atoms with Crippen LogP contribution in [0.15, 0.2) is 18.3 Å². The summed E-state index contributed by atoms with van der Waals surface area (Å²) in [6, 6.07) is 6.82. The number of anilines is 1. The van der Waals surface area contributed by atoms with Crippen molar-refractivity contribution in [3.8, 4) is 0 Å². The first-order chi connectivity index (χ1) is 5.47. The minimum absolute atomic E-state index is 1.07. The molecule has 1 aromatic heterocycles. The number of nitrogens with zero attached hydrogens (tertiary/aromatic N) is 2. The van der Waals surface area contributed by atoms with Gasteiger partial charge in [-0.2, -0.15) is 0 Å². The summed E-state index contributed by atoms with van der Waals surface area (Å²) in [6.07, 6.45) is 4.40. The molecule has 1 aliphatic rings. The van der Waals surface area contributed by atoms with Crippen LogP contribution in [0, 0.1) is 6.07 Å². The highest BCUT2D eigenvalue weighted by atomic mass is 15.2. The summed E-state index contributed by atoms with van der Waals surface area (Å²) < 4.78 is 0. The molecule has 1 radical (unpaired) electrons. The van der Waals surface area contributed by atoms with Crippen LogP contribution >= 0.6 is 0 Å². The van der Waals surface area contributed by atoms with Crippen LogP contribution < -0.4 is 4.90 Å². The quantitative estimate of drug-likeness (QED) is 0.598. The summed E-state index contributed by atoms with van der Waals surface area (Å²) in [5.74, 6) is 1.07. The molecule has 2 heterocycles. The molecule has 1 fully saturated rings. The Kier molecular flexibility index (Phi) is 1.76. The van der Waals surface area contributed by atoms with Gasteiger partial charge < -0.3 is 4.90 Å². The Bertz CT molecular complexity index is 214. The lowest BCUT2D eigenvalue weighted by Crippen LogP contribution is -2.18. The van der Waals surface area contributed by atoms with Crippen LogP contribution in [0.4, 0.5) is 5.82 Å². The van der Waals surface area contributed by atoms with Crippen LogP contribution in [-0.2, 0) is 0 Å². The third-order valence-corrected chi connectivity index (χ3v) is 2.02. The Morgan fingerprint density at radius 2 is 2.18 bits per heavy atom. The second-order valence-electron chi connectivity index (χ2n) is 2.81. The second kappa shape index (κ2) is 2.91. The van der Waals surface area contributed by atoms with Gasteiger partial charge in [0.1, 0.15) is 5.82 Å². The molecule has 0 spiro atoms. The molecule has 0 aliphatic carbocycles. The van der Waals surface area contributed by atoms with Gasteiger partial charge in [-0.15, -0.1) is 0 Å². The van der Waals surface area contributed by atoms with E-state index < -0.39 is 0 Å². The van der Waals surface area contributed by atoms with E-state index in [9.17, 15) is 0 Å². The average Bonchev–Trinajstić information content (AvgIpc) is 2.58. The van der Waals surface area contributed by atoms with Gasteiger partial charge >= 0.3 is 0 Å². The molecule has 1 aromatic rings. The van der Waals surface area contributed by atoms with Crippen molar-refractivity contribution in [1.29, 1.82) is 0 Å². The Morgan fingerprint density at radius 1 is 1.36 bits per heavy atom. The lowest BCUT2D eigenvalue weighted by molar-refractivity contribution is 0.937. The smallest absolute Gasteiger partial charge is 0.129 e. The summed E-state index contributed by atoms with van der Waals surface area (Å²) in [5, 5.41) is 0. The highest BCUT2D eigenvalue weighted by Crippen LogP contribution is 2.15. The molecule has 11 heavy (non-hydrogen) atoms. The first kappa shape index (κ1) is 6.65. The topological polar surface area (TPSA) is 16.1 Å². The van der Waals surface area contributed by atoms with Crippen LogP contribution in [0.3, 0.4) is 0 Å². The van der Waals surface area contributed by atoms with Gasteiger partial charge in [-0.3, -0.25) is 0 Å². The van der Waals surface area contributed by atoms with E-state index in [0.29, 0.717) is 0 Å². The molecule has 1 saturated heterocycles. The normalized spacial score (nSPS) is 17.3. The summed E-state index contributed by atoms with van der Waals surface area (Å²) in [4.78, 5) is 6.56. The fourth-order valence-electron chi connectivity index (χ4n) is 1.44. The van der Waals surface area contributed by atoms with Gasteiger partial charge in [0.15, 0.2) is 0 Å². The average molecular weight is 147 g/mol. The number of rotatable bonds is 1. The first-order valence-corrected chi connectivity index (χ1v) is 4.04. The van der Waals surface area contributed by atoms with Crippen molar-refractivity contribution in [2.45, 2.75) is 12.8 Å². The van der Waals surface area contributed by atoms with E-state index >= 15 is 0 Å². The zero-order chi connectivity index (χ0) is 7.52. The predicted molar refractivity (Wildman–Crippen MR) is 44.5 cm³/mol. The number of hydrogen-bond donors (Lipinski definition) is 0. The minimum Gasteiger partial charge on any atom is -0.357 e. The predicted octanol–water partition coefficient (Wildman–Crippen LogP) is 1.48. The maximum absolute atomic E-state index is 4.26. The Labute approximate surface area is 66.9 Å². The SMILES string of the molecule is [c]1ccnc(N2CCCC2)c1. The molecule has 1 aliphatic heterocycles. The summed E-state index contributed by atoms with van der Waals surface area (Å²) in [7, 11) is 0. The molecule has 0 atom stereocenters. The minimum atomic E-state index is 1.07. The third-order valence-electron chi connectivity index (χ3n) is 2.02. The fraction of sp³-hybridized carbons (Fsp3) is 0.444. The van der Waals surface area contributed by atoms with Crippen molar-refractivity contribution in [2.24, 2.45) is 0 Å². The van der Waals surface area contributed by atoms with Gasteiger partial charge in [-0.05, 0) is 31.0 Å². The molecule has 0 unspecified atom stereocenters. The lowest BCUT2D eigenvalue weighted by atomic mass is 10.4. The van der Waals surface area contributed by atoms with E-state index in [4.69, 9.17) is 0 Å². The van der Waals surface area contributed by atoms with Crippen LogP contribution in [0.25, 0.3) is 0 Å².